The van der Waals surface area contributed by atoms with Crippen molar-refractivity contribution in [3.05, 3.63) is 27.1 Å². The molecule has 0 unspecified atom stereocenters. The van der Waals surface area contributed by atoms with Crippen molar-refractivity contribution in [2.24, 2.45) is 13.0 Å². The average Bonchev–Trinajstić information content (AvgIpc) is 3.15. The summed E-state index contributed by atoms with van der Waals surface area (Å²) in [6.45, 7) is 2.55. The van der Waals surface area contributed by atoms with Gasteiger partial charge in [0.15, 0.2) is 0 Å². The molecular formula is C13H15N3O2S. The Morgan fingerprint density at radius 3 is 3.00 bits per heavy atom. The molecule has 5 nitrogen and oxygen atoms in total. The Hall–Kier alpha value is -1.69. The third-order valence-corrected chi connectivity index (χ3v) is 4.66. The quantitative estimate of drug-likeness (QED) is 0.923. The van der Waals surface area contributed by atoms with Gasteiger partial charge in [-0.1, -0.05) is 0 Å². The van der Waals surface area contributed by atoms with Crippen molar-refractivity contribution < 1.29 is 4.79 Å². The molecule has 1 aliphatic rings. The Labute approximate surface area is 114 Å². The van der Waals surface area contributed by atoms with Gasteiger partial charge in [0.05, 0.1) is 16.6 Å². The maximum atomic E-state index is 12.1. The first-order valence-electron chi connectivity index (χ1n) is 6.31. The maximum absolute atomic E-state index is 12.1. The molecule has 3 rings (SSSR count). The van der Waals surface area contributed by atoms with Crippen LogP contribution in [0.3, 0.4) is 0 Å². The van der Waals surface area contributed by atoms with Crippen LogP contribution in [0.4, 0.5) is 0 Å². The molecule has 0 atom stereocenters. The number of amides is 1. The Morgan fingerprint density at radius 2 is 2.32 bits per heavy atom. The van der Waals surface area contributed by atoms with Gasteiger partial charge < -0.3 is 9.88 Å². The average molecular weight is 277 g/mol. The predicted molar refractivity (Wildman–Crippen MR) is 74.7 cm³/mol. The Balaban J connectivity index is 1.99. The van der Waals surface area contributed by atoms with Gasteiger partial charge in [0.25, 0.3) is 11.5 Å². The van der Waals surface area contributed by atoms with E-state index in [9.17, 15) is 9.59 Å². The molecule has 1 N–H and O–H groups in total. The summed E-state index contributed by atoms with van der Waals surface area (Å²) < 4.78 is 1.44. The van der Waals surface area contributed by atoms with E-state index in [4.69, 9.17) is 0 Å². The third kappa shape index (κ3) is 2.16. The predicted octanol–water partition coefficient (Wildman–Crippen LogP) is 1.44. The van der Waals surface area contributed by atoms with Gasteiger partial charge in [-0.25, -0.2) is 4.98 Å². The van der Waals surface area contributed by atoms with E-state index in [-0.39, 0.29) is 11.5 Å². The van der Waals surface area contributed by atoms with Gasteiger partial charge in [0.1, 0.15) is 4.83 Å². The largest absolute Gasteiger partial charge is 0.351 e. The molecule has 0 spiro atoms. The summed E-state index contributed by atoms with van der Waals surface area (Å²) in [6, 6.07) is 0. The Morgan fingerprint density at radius 1 is 1.58 bits per heavy atom. The van der Waals surface area contributed by atoms with E-state index < -0.39 is 0 Å². The first-order chi connectivity index (χ1) is 9.08. The van der Waals surface area contributed by atoms with Crippen LogP contribution in [-0.4, -0.2) is 22.0 Å². The molecule has 19 heavy (non-hydrogen) atoms. The highest BCUT2D eigenvalue weighted by Gasteiger charge is 2.24. The number of fused-ring (bicyclic) bond motifs is 1. The van der Waals surface area contributed by atoms with Crippen molar-refractivity contribution >= 4 is 27.5 Å². The number of rotatable bonds is 3. The van der Waals surface area contributed by atoms with Crippen LogP contribution in [0.1, 0.15) is 28.1 Å². The normalized spacial score (nSPS) is 14.8. The number of hydrogen-bond acceptors (Lipinski definition) is 4. The molecule has 1 amide bonds. The molecule has 0 aromatic carbocycles. The van der Waals surface area contributed by atoms with Crippen molar-refractivity contribution in [2.45, 2.75) is 19.8 Å². The van der Waals surface area contributed by atoms with Gasteiger partial charge in [-0.05, 0) is 31.2 Å². The van der Waals surface area contributed by atoms with Crippen molar-refractivity contribution in [3.63, 3.8) is 0 Å². The third-order valence-electron chi connectivity index (χ3n) is 3.47. The minimum absolute atomic E-state index is 0.0885. The lowest BCUT2D eigenvalue weighted by Crippen LogP contribution is -2.25. The molecule has 0 aliphatic heterocycles. The van der Waals surface area contributed by atoms with Crippen LogP contribution in [0.5, 0.6) is 0 Å². The highest BCUT2D eigenvalue weighted by molar-refractivity contribution is 7.20. The molecule has 1 saturated carbocycles. The first-order valence-corrected chi connectivity index (χ1v) is 7.12. The number of aryl methyl sites for hydroxylation is 2. The molecular weight excluding hydrogens is 262 g/mol. The summed E-state index contributed by atoms with van der Waals surface area (Å²) >= 11 is 1.29. The van der Waals surface area contributed by atoms with Crippen LogP contribution < -0.4 is 10.9 Å². The standard InChI is InChI=1S/C13H15N3O2S/c1-7-9-12(15-6-16(2)13(9)18)19-10(7)11(17)14-5-8-3-4-8/h6,8H,3-5H2,1-2H3,(H,14,17). The summed E-state index contributed by atoms with van der Waals surface area (Å²) in [7, 11) is 1.67. The first kappa shape index (κ1) is 12.3. The van der Waals surface area contributed by atoms with Crippen LogP contribution in [-0.2, 0) is 7.05 Å². The van der Waals surface area contributed by atoms with E-state index in [1.54, 1.807) is 7.05 Å². The molecule has 100 valence electrons. The second-order valence-electron chi connectivity index (χ2n) is 5.05. The summed E-state index contributed by atoms with van der Waals surface area (Å²) in [4.78, 5) is 29.6. The fraction of sp³-hybridized carbons (Fsp3) is 0.462. The lowest BCUT2D eigenvalue weighted by atomic mass is 10.2. The van der Waals surface area contributed by atoms with Crippen LogP contribution in [0, 0.1) is 12.8 Å². The number of hydrogen-bond donors (Lipinski definition) is 1. The van der Waals surface area contributed by atoms with E-state index in [0.717, 1.165) is 12.1 Å². The molecule has 0 radical (unpaired) electrons. The van der Waals surface area contributed by atoms with Crippen LogP contribution in [0.25, 0.3) is 10.2 Å². The number of nitrogens with one attached hydrogen (secondary N) is 1. The van der Waals surface area contributed by atoms with Crippen LogP contribution in [0.2, 0.25) is 0 Å². The number of thiophene rings is 1. The second-order valence-corrected chi connectivity index (χ2v) is 6.05. The second kappa shape index (κ2) is 4.45. The van der Waals surface area contributed by atoms with E-state index in [1.807, 2.05) is 6.92 Å². The van der Waals surface area contributed by atoms with Crippen LogP contribution in [0.15, 0.2) is 11.1 Å². The lowest BCUT2D eigenvalue weighted by Gasteiger charge is -2.02. The topological polar surface area (TPSA) is 64.0 Å². The highest BCUT2D eigenvalue weighted by Crippen LogP contribution is 2.29. The number of nitrogens with zero attached hydrogens (tertiary/aromatic N) is 2. The summed E-state index contributed by atoms with van der Waals surface area (Å²) in [5.74, 6) is 0.555. The van der Waals surface area contributed by atoms with Crippen LogP contribution >= 0.6 is 11.3 Å². The maximum Gasteiger partial charge on any atom is 0.262 e. The molecule has 2 heterocycles. The zero-order chi connectivity index (χ0) is 13.6. The highest BCUT2D eigenvalue weighted by atomic mass is 32.1. The van der Waals surface area contributed by atoms with Crippen molar-refractivity contribution in [1.82, 2.24) is 14.9 Å². The minimum atomic E-state index is -0.0972. The van der Waals surface area contributed by atoms with Gasteiger partial charge in [-0.3, -0.25) is 9.59 Å². The lowest BCUT2D eigenvalue weighted by molar-refractivity contribution is 0.0955. The fourth-order valence-electron chi connectivity index (χ4n) is 2.06. The molecule has 0 saturated heterocycles. The Kier molecular flexibility index (Phi) is 2.89. The Bertz CT molecular complexity index is 712. The molecule has 1 fully saturated rings. The van der Waals surface area contributed by atoms with Gasteiger partial charge in [-0.15, -0.1) is 11.3 Å². The molecule has 1 aliphatic carbocycles. The van der Waals surface area contributed by atoms with Crippen molar-refractivity contribution in [3.8, 4) is 0 Å². The van der Waals surface area contributed by atoms with Gasteiger partial charge in [0.2, 0.25) is 0 Å². The van der Waals surface area contributed by atoms with E-state index in [1.165, 1.54) is 35.1 Å². The summed E-state index contributed by atoms with van der Waals surface area (Å²) in [6.07, 6.45) is 3.90. The number of carbonyl (C=O) groups excluding carboxylic acids is 1. The molecule has 0 bridgehead atoms. The zero-order valence-electron chi connectivity index (χ0n) is 10.9. The van der Waals surface area contributed by atoms with Crippen molar-refractivity contribution in [2.75, 3.05) is 6.54 Å². The van der Waals surface area contributed by atoms with E-state index in [2.05, 4.69) is 10.3 Å². The smallest absolute Gasteiger partial charge is 0.262 e. The van der Waals surface area contributed by atoms with E-state index in [0.29, 0.717) is 21.0 Å². The van der Waals surface area contributed by atoms with Crippen molar-refractivity contribution in [1.29, 1.82) is 0 Å². The van der Waals surface area contributed by atoms with Gasteiger partial charge >= 0.3 is 0 Å². The van der Waals surface area contributed by atoms with Gasteiger partial charge in [0, 0.05) is 13.6 Å². The molecule has 2 aromatic heterocycles. The summed E-state index contributed by atoms with van der Waals surface area (Å²) in [5.41, 5.74) is 0.641. The zero-order valence-corrected chi connectivity index (χ0v) is 11.7. The molecule has 6 heteroatoms. The fourth-order valence-corrected chi connectivity index (χ4v) is 3.12. The number of carbonyl (C=O) groups is 1. The van der Waals surface area contributed by atoms with Gasteiger partial charge in [-0.2, -0.15) is 0 Å². The minimum Gasteiger partial charge on any atom is -0.351 e. The molecule has 2 aromatic rings. The number of aromatic nitrogens is 2. The summed E-state index contributed by atoms with van der Waals surface area (Å²) in [5, 5.41) is 3.49. The SMILES string of the molecule is Cc1c(C(=O)NCC2CC2)sc2ncn(C)c(=O)c12. The van der Waals surface area contributed by atoms with E-state index >= 15 is 0 Å². The monoisotopic (exact) mass is 277 g/mol.